The third-order valence-corrected chi connectivity index (χ3v) is 6.72. The number of piperidine rings is 1. The molecule has 1 saturated heterocycles. The molecule has 172 valence electrons. The number of amides is 1. The molecule has 0 unspecified atom stereocenters. The van der Waals surface area contributed by atoms with E-state index in [0.717, 1.165) is 55.1 Å². The maximum Gasteiger partial charge on any atom is 0.244 e. The summed E-state index contributed by atoms with van der Waals surface area (Å²) in [6.07, 6.45) is 7.28. The highest BCUT2D eigenvalue weighted by atomic mass is 19.1. The first-order chi connectivity index (χ1) is 16.1. The van der Waals surface area contributed by atoms with Crippen LogP contribution in [-0.2, 0) is 24.3 Å². The van der Waals surface area contributed by atoms with Gasteiger partial charge in [0.1, 0.15) is 24.0 Å². The Kier molecular flexibility index (Phi) is 6.07. The van der Waals surface area contributed by atoms with E-state index in [1.165, 1.54) is 17.7 Å². The van der Waals surface area contributed by atoms with Crippen molar-refractivity contribution in [2.24, 2.45) is 0 Å². The molecule has 0 aliphatic carbocycles. The monoisotopic (exact) mass is 448 g/mol. The van der Waals surface area contributed by atoms with Crippen LogP contribution in [0, 0.1) is 12.7 Å². The molecule has 8 heteroatoms. The largest absolute Gasteiger partial charge is 0.352 e. The molecule has 2 aliphatic rings. The molecule has 0 spiro atoms. The molecule has 1 aromatic carbocycles. The highest BCUT2D eigenvalue weighted by molar-refractivity contribution is 5.76. The number of hydrogen-bond acceptors (Lipinski definition) is 5. The van der Waals surface area contributed by atoms with Crippen molar-refractivity contribution in [2.75, 3.05) is 24.5 Å². The third kappa shape index (κ3) is 4.74. The number of aromatic nitrogens is 4. The van der Waals surface area contributed by atoms with E-state index in [1.807, 2.05) is 29.3 Å². The summed E-state index contributed by atoms with van der Waals surface area (Å²) in [6.45, 7) is 5.43. The Balaban J connectivity index is 1.29. The molecular weight excluding hydrogens is 419 g/mol. The number of nitrogens with zero attached hydrogens (tertiary/aromatic N) is 6. The Labute approximate surface area is 193 Å². The number of rotatable bonds is 5. The van der Waals surface area contributed by atoms with E-state index in [2.05, 4.69) is 16.9 Å². The molecule has 2 aromatic heterocycles. The SMILES string of the molecule is Cc1nc(C2CCN(C(=O)Cn3cccn3)CC2)nc2c1CCCN2Cc1ccc(F)cc1. The van der Waals surface area contributed by atoms with Gasteiger partial charge in [-0.1, -0.05) is 12.1 Å². The van der Waals surface area contributed by atoms with Crippen LogP contribution in [-0.4, -0.2) is 50.2 Å². The zero-order valence-electron chi connectivity index (χ0n) is 19.0. The number of hydrogen-bond donors (Lipinski definition) is 0. The van der Waals surface area contributed by atoms with Gasteiger partial charge < -0.3 is 9.80 Å². The molecule has 33 heavy (non-hydrogen) atoms. The first-order valence-corrected chi connectivity index (χ1v) is 11.7. The lowest BCUT2D eigenvalue weighted by Gasteiger charge is -2.34. The van der Waals surface area contributed by atoms with Crippen molar-refractivity contribution in [1.29, 1.82) is 0 Å². The van der Waals surface area contributed by atoms with Crippen LogP contribution in [0.2, 0.25) is 0 Å². The quantitative estimate of drug-likeness (QED) is 0.598. The second kappa shape index (κ2) is 9.29. The molecule has 7 nitrogen and oxygen atoms in total. The van der Waals surface area contributed by atoms with Crippen molar-refractivity contribution < 1.29 is 9.18 Å². The Morgan fingerprint density at radius 1 is 1.12 bits per heavy atom. The third-order valence-electron chi connectivity index (χ3n) is 6.72. The van der Waals surface area contributed by atoms with Crippen LogP contribution in [0.4, 0.5) is 10.2 Å². The van der Waals surface area contributed by atoms with Crippen LogP contribution >= 0.6 is 0 Å². The molecule has 0 N–H and O–H groups in total. The molecule has 0 bridgehead atoms. The van der Waals surface area contributed by atoms with Gasteiger partial charge in [0.2, 0.25) is 5.91 Å². The molecule has 5 rings (SSSR count). The van der Waals surface area contributed by atoms with Crippen molar-refractivity contribution in [3.05, 3.63) is 71.2 Å². The summed E-state index contributed by atoms with van der Waals surface area (Å²) in [5.41, 5.74) is 3.35. The van der Waals surface area contributed by atoms with E-state index in [-0.39, 0.29) is 24.2 Å². The molecule has 1 amide bonds. The molecule has 0 radical (unpaired) electrons. The van der Waals surface area contributed by atoms with Crippen molar-refractivity contribution >= 4 is 11.7 Å². The van der Waals surface area contributed by atoms with E-state index in [9.17, 15) is 9.18 Å². The van der Waals surface area contributed by atoms with Gasteiger partial charge >= 0.3 is 0 Å². The summed E-state index contributed by atoms with van der Waals surface area (Å²) in [7, 11) is 0. The zero-order chi connectivity index (χ0) is 22.8. The number of benzene rings is 1. The van der Waals surface area contributed by atoms with Gasteiger partial charge in [0.25, 0.3) is 0 Å². The van der Waals surface area contributed by atoms with Gasteiger partial charge in [0, 0.05) is 55.7 Å². The van der Waals surface area contributed by atoms with E-state index in [0.29, 0.717) is 19.6 Å². The van der Waals surface area contributed by atoms with Crippen LogP contribution in [0.25, 0.3) is 0 Å². The number of anilines is 1. The van der Waals surface area contributed by atoms with E-state index >= 15 is 0 Å². The van der Waals surface area contributed by atoms with Gasteiger partial charge in [0.05, 0.1) is 0 Å². The molecule has 1 fully saturated rings. The number of likely N-dealkylation sites (tertiary alicyclic amines) is 1. The average Bonchev–Trinajstić information content (AvgIpc) is 3.34. The first kappa shape index (κ1) is 21.6. The van der Waals surface area contributed by atoms with Crippen molar-refractivity contribution in [3.8, 4) is 0 Å². The van der Waals surface area contributed by atoms with Crippen molar-refractivity contribution in [1.82, 2.24) is 24.6 Å². The second-order valence-electron chi connectivity index (χ2n) is 8.98. The van der Waals surface area contributed by atoms with Gasteiger partial charge in [-0.15, -0.1) is 0 Å². The molecule has 2 aliphatic heterocycles. The smallest absolute Gasteiger partial charge is 0.244 e. The van der Waals surface area contributed by atoms with Crippen LogP contribution < -0.4 is 4.90 Å². The van der Waals surface area contributed by atoms with E-state index in [4.69, 9.17) is 9.97 Å². The molecular formula is C25H29FN6O. The minimum atomic E-state index is -0.215. The Bertz CT molecular complexity index is 1110. The maximum absolute atomic E-state index is 13.3. The second-order valence-corrected chi connectivity index (χ2v) is 8.98. The van der Waals surface area contributed by atoms with Crippen LogP contribution in [0.3, 0.4) is 0 Å². The number of carbonyl (C=O) groups excluding carboxylic acids is 1. The van der Waals surface area contributed by atoms with Crippen LogP contribution in [0.5, 0.6) is 0 Å². The lowest BCUT2D eigenvalue weighted by atomic mass is 9.95. The summed E-state index contributed by atoms with van der Waals surface area (Å²) in [6, 6.07) is 8.54. The summed E-state index contributed by atoms with van der Waals surface area (Å²) >= 11 is 0. The summed E-state index contributed by atoms with van der Waals surface area (Å²) in [5.74, 6) is 2.04. The fourth-order valence-corrected chi connectivity index (χ4v) is 4.88. The van der Waals surface area contributed by atoms with Crippen molar-refractivity contribution in [2.45, 2.75) is 51.6 Å². The summed E-state index contributed by atoms with van der Waals surface area (Å²) in [4.78, 5) is 26.8. The number of carbonyl (C=O) groups is 1. The fraction of sp³-hybridized carbons (Fsp3) is 0.440. The van der Waals surface area contributed by atoms with Crippen molar-refractivity contribution in [3.63, 3.8) is 0 Å². The Morgan fingerprint density at radius 3 is 2.64 bits per heavy atom. The summed E-state index contributed by atoms with van der Waals surface area (Å²) in [5, 5.41) is 4.13. The maximum atomic E-state index is 13.3. The number of halogens is 1. The number of aryl methyl sites for hydroxylation is 1. The predicted molar refractivity (Wildman–Crippen MR) is 123 cm³/mol. The van der Waals surface area contributed by atoms with E-state index < -0.39 is 0 Å². The van der Waals surface area contributed by atoms with Crippen LogP contribution in [0.15, 0.2) is 42.7 Å². The van der Waals surface area contributed by atoms with Gasteiger partial charge in [-0.05, 0) is 56.4 Å². The average molecular weight is 449 g/mol. The Hall–Kier alpha value is -3.29. The minimum Gasteiger partial charge on any atom is -0.352 e. The first-order valence-electron chi connectivity index (χ1n) is 11.7. The van der Waals surface area contributed by atoms with Gasteiger partial charge in [-0.3, -0.25) is 9.48 Å². The molecule has 0 atom stereocenters. The normalized spacial score (nSPS) is 16.7. The van der Waals surface area contributed by atoms with E-state index in [1.54, 1.807) is 10.9 Å². The summed E-state index contributed by atoms with van der Waals surface area (Å²) < 4.78 is 15.0. The van der Waals surface area contributed by atoms with Gasteiger partial charge in [-0.2, -0.15) is 5.10 Å². The Morgan fingerprint density at radius 2 is 1.91 bits per heavy atom. The molecule has 3 aromatic rings. The lowest BCUT2D eigenvalue weighted by Crippen LogP contribution is -2.40. The standard InChI is InChI=1S/C25H29FN6O/c1-18-22-4-2-12-31(16-19-5-7-21(26)8-6-19)25(22)29-24(28-18)20-9-14-30(15-10-20)23(33)17-32-13-3-11-27-32/h3,5-8,11,13,20H,2,4,9-10,12,14-17H2,1H3. The minimum absolute atomic E-state index is 0.102. The molecule has 4 heterocycles. The predicted octanol–water partition coefficient (Wildman–Crippen LogP) is 3.48. The lowest BCUT2D eigenvalue weighted by molar-refractivity contribution is -0.133. The fourth-order valence-electron chi connectivity index (χ4n) is 4.88. The topological polar surface area (TPSA) is 67.2 Å². The number of fused-ring (bicyclic) bond motifs is 1. The molecule has 0 saturated carbocycles. The highest BCUT2D eigenvalue weighted by Crippen LogP contribution is 2.33. The van der Waals surface area contributed by atoms with Gasteiger partial charge in [0.15, 0.2) is 0 Å². The van der Waals surface area contributed by atoms with Crippen LogP contribution in [0.1, 0.15) is 47.8 Å². The van der Waals surface area contributed by atoms with Gasteiger partial charge in [-0.25, -0.2) is 14.4 Å². The highest BCUT2D eigenvalue weighted by Gasteiger charge is 2.28. The zero-order valence-corrected chi connectivity index (χ0v) is 19.0.